The summed E-state index contributed by atoms with van der Waals surface area (Å²) in [6, 6.07) is 12.1. The first-order valence-electron chi connectivity index (χ1n) is 8.83. The first-order valence-corrected chi connectivity index (χ1v) is 10.3. The third kappa shape index (κ3) is 5.00. The largest absolute Gasteiger partial charge is 0.363 e. The molecule has 1 aromatic heterocycles. The standard InChI is InChI=1S/C20H22FN5O2S/c1-13-11-15(21)5-10-18(13)29(27,28)25-17-8-6-16(7-9-17)23-20-22-14(2)12-19(24-20)26(3)4/h5-12,25H,1-4H3,(H,22,23,24). The highest BCUT2D eigenvalue weighted by atomic mass is 32.2. The molecule has 0 aliphatic heterocycles. The number of hydrogen-bond acceptors (Lipinski definition) is 6. The van der Waals surface area contributed by atoms with Crippen molar-refractivity contribution in [1.82, 2.24) is 9.97 Å². The number of aryl methyl sites for hydroxylation is 2. The molecule has 0 fully saturated rings. The Morgan fingerprint density at radius 2 is 1.59 bits per heavy atom. The van der Waals surface area contributed by atoms with Gasteiger partial charge in [-0.1, -0.05) is 0 Å². The molecule has 0 saturated heterocycles. The van der Waals surface area contributed by atoms with Crippen LogP contribution in [0.15, 0.2) is 53.4 Å². The van der Waals surface area contributed by atoms with E-state index in [-0.39, 0.29) is 4.90 Å². The lowest BCUT2D eigenvalue weighted by molar-refractivity contribution is 0.598. The lowest BCUT2D eigenvalue weighted by Gasteiger charge is -2.14. The first kappa shape index (κ1) is 20.5. The summed E-state index contributed by atoms with van der Waals surface area (Å²) in [5.41, 5.74) is 2.26. The second kappa shape index (κ2) is 8.04. The average Bonchev–Trinajstić information content (AvgIpc) is 2.62. The van der Waals surface area contributed by atoms with Crippen molar-refractivity contribution in [2.45, 2.75) is 18.7 Å². The Balaban J connectivity index is 1.77. The fourth-order valence-corrected chi connectivity index (χ4v) is 4.00. The van der Waals surface area contributed by atoms with Gasteiger partial charge in [-0.15, -0.1) is 0 Å². The molecule has 3 rings (SSSR count). The van der Waals surface area contributed by atoms with Crippen molar-refractivity contribution in [3.05, 3.63) is 65.6 Å². The molecule has 152 valence electrons. The van der Waals surface area contributed by atoms with Crippen molar-refractivity contribution in [2.75, 3.05) is 29.0 Å². The minimum absolute atomic E-state index is 0.0328. The van der Waals surface area contributed by atoms with Crippen LogP contribution in [0.2, 0.25) is 0 Å². The normalized spacial score (nSPS) is 11.2. The van der Waals surface area contributed by atoms with Crippen molar-refractivity contribution < 1.29 is 12.8 Å². The number of nitrogens with zero attached hydrogens (tertiary/aromatic N) is 3. The Bertz CT molecular complexity index is 1130. The zero-order valence-corrected chi connectivity index (χ0v) is 17.4. The molecule has 3 aromatic rings. The van der Waals surface area contributed by atoms with Crippen molar-refractivity contribution in [3.8, 4) is 0 Å². The monoisotopic (exact) mass is 415 g/mol. The third-order valence-electron chi connectivity index (χ3n) is 4.12. The minimum Gasteiger partial charge on any atom is -0.363 e. The van der Waals surface area contributed by atoms with Crippen LogP contribution < -0.4 is 14.9 Å². The summed E-state index contributed by atoms with van der Waals surface area (Å²) in [6.07, 6.45) is 0. The lowest BCUT2D eigenvalue weighted by Crippen LogP contribution is -2.14. The SMILES string of the molecule is Cc1cc(N(C)C)nc(Nc2ccc(NS(=O)(=O)c3ccc(F)cc3C)cc2)n1. The van der Waals surface area contributed by atoms with Gasteiger partial charge in [-0.3, -0.25) is 4.72 Å². The number of benzene rings is 2. The second-order valence-corrected chi connectivity index (χ2v) is 8.45. The van der Waals surface area contributed by atoms with Crippen molar-refractivity contribution >= 4 is 33.2 Å². The van der Waals surface area contributed by atoms with Gasteiger partial charge in [0.15, 0.2) is 0 Å². The molecule has 0 saturated carbocycles. The number of anilines is 4. The van der Waals surface area contributed by atoms with Gasteiger partial charge in [-0.05, 0) is 61.9 Å². The third-order valence-corrected chi connectivity index (χ3v) is 5.66. The van der Waals surface area contributed by atoms with Gasteiger partial charge in [0.25, 0.3) is 10.0 Å². The molecule has 0 radical (unpaired) electrons. The number of nitrogens with one attached hydrogen (secondary N) is 2. The molecule has 0 unspecified atom stereocenters. The number of rotatable bonds is 6. The Morgan fingerprint density at radius 3 is 2.21 bits per heavy atom. The number of hydrogen-bond donors (Lipinski definition) is 2. The van der Waals surface area contributed by atoms with Crippen molar-refractivity contribution in [3.63, 3.8) is 0 Å². The van der Waals surface area contributed by atoms with E-state index in [0.29, 0.717) is 22.9 Å². The minimum atomic E-state index is -3.82. The fourth-order valence-electron chi connectivity index (χ4n) is 2.71. The summed E-state index contributed by atoms with van der Waals surface area (Å²) in [5.74, 6) is 0.746. The van der Waals surface area contributed by atoms with Crippen molar-refractivity contribution in [2.24, 2.45) is 0 Å². The van der Waals surface area contributed by atoms with Gasteiger partial charge in [-0.25, -0.2) is 17.8 Å². The molecule has 29 heavy (non-hydrogen) atoms. The van der Waals surface area contributed by atoms with Crippen LogP contribution in [0.1, 0.15) is 11.3 Å². The Kier molecular flexibility index (Phi) is 5.69. The highest BCUT2D eigenvalue weighted by molar-refractivity contribution is 7.92. The fraction of sp³-hybridized carbons (Fsp3) is 0.200. The van der Waals surface area contributed by atoms with Crippen LogP contribution in [0, 0.1) is 19.7 Å². The van der Waals surface area contributed by atoms with Gasteiger partial charge in [0, 0.05) is 37.2 Å². The summed E-state index contributed by atoms with van der Waals surface area (Å²) in [6.45, 7) is 3.43. The smallest absolute Gasteiger partial charge is 0.262 e. The van der Waals surface area contributed by atoms with E-state index in [9.17, 15) is 12.8 Å². The summed E-state index contributed by atoms with van der Waals surface area (Å²) in [4.78, 5) is 10.7. The number of sulfonamides is 1. The topological polar surface area (TPSA) is 87.2 Å². The summed E-state index contributed by atoms with van der Waals surface area (Å²) in [7, 11) is -0.0243. The summed E-state index contributed by atoms with van der Waals surface area (Å²) in [5, 5.41) is 3.11. The van der Waals surface area contributed by atoms with E-state index in [1.807, 2.05) is 32.0 Å². The zero-order valence-electron chi connectivity index (χ0n) is 16.6. The van der Waals surface area contributed by atoms with Crippen LogP contribution in [0.3, 0.4) is 0 Å². The Labute approximate surface area is 169 Å². The van der Waals surface area contributed by atoms with Crippen molar-refractivity contribution in [1.29, 1.82) is 0 Å². The predicted molar refractivity (Wildman–Crippen MR) is 113 cm³/mol. The predicted octanol–water partition coefficient (Wildman–Crippen LogP) is 3.84. The van der Waals surface area contributed by atoms with Gasteiger partial charge in [0.1, 0.15) is 11.6 Å². The van der Waals surface area contributed by atoms with Crippen LogP contribution in [-0.2, 0) is 10.0 Å². The molecular weight excluding hydrogens is 393 g/mol. The molecule has 0 aliphatic rings. The average molecular weight is 415 g/mol. The van der Waals surface area contributed by atoms with E-state index in [1.54, 1.807) is 31.2 Å². The first-order chi connectivity index (χ1) is 13.6. The molecule has 0 amide bonds. The quantitative estimate of drug-likeness (QED) is 0.636. The zero-order chi connectivity index (χ0) is 21.2. The van der Waals surface area contributed by atoms with Gasteiger partial charge < -0.3 is 10.2 Å². The summed E-state index contributed by atoms with van der Waals surface area (Å²) >= 11 is 0. The Morgan fingerprint density at radius 1 is 0.931 bits per heavy atom. The molecular formula is C20H22FN5O2S. The van der Waals surface area contributed by atoms with Gasteiger partial charge in [-0.2, -0.15) is 4.98 Å². The maximum Gasteiger partial charge on any atom is 0.262 e. The molecule has 0 atom stereocenters. The van der Waals surface area contributed by atoms with Crippen LogP contribution in [0.25, 0.3) is 0 Å². The Hall–Kier alpha value is -3.20. The number of halogens is 1. The van der Waals surface area contributed by atoms with Crippen LogP contribution >= 0.6 is 0 Å². The highest BCUT2D eigenvalue weighted by Crippen LogP contribution is 2.23. The molecule has 0 aliphatic carbocycles. The van der Waals surface area contributed by atoms with E-state index < -0.39 is 15.8 Å². The van der Waals surface area contributed by atoms with Crippen LogP contribution in [0.5, 0.6) is 0 Å². The maximum absolute atomic E-state index is 13.2. The van der Waals surface area contributed by atoms with E-state index in [0.717, 1.165) is 17.6 Å². The number of aromatic nitrogens is 2. The van der Waals surface area contributed by atoms with Gasteiger partial charge in [0.05, 0.1) is 4.90 Å². The molecule has 9 heteroatoms. The highest BCUT2D eigenvalue weighted by Gasteiger charge is 2.17. The molecule has 1 heterocycles. The van der Waals surface area contributed by atoms with Crippen LogP contribution in [0.4, 0.5) is 27.5 Å². The van der Waals surface area contributed by atoms with Gasteiger partial charge in [0.2, 0.25) is 5.95 Å². The lowest BCUT2D eigenvalue weighted by atomic mass is 10.2. The molecule has 2 N–H and O–H groups in total. The molecule has 0 bridgehead atoms. The van der Waals surface area contributed by atoms with E-state index in [4.69, 9.17) is 0 Å². The molecule has 7 nitrogen and oxygen atoms in total. The summed E-state index contributed by atoms with van der Waals surface area (Å²) < 4.78 is 40.9. The van der Waals surface area contributed by atoms with Crippen LogP contribution in [-0.4, -0.2) is 32.5 Å². The second-order valence-electron chi connectivity index (χ2n) is 6.80. The van der Waals surface area contributed by atoms with Gasteiger partial charge >= 0.3 is 0 Å². The van der Waals surface area contributed by atoms with E-state index in [2.05, 4.69) is 20.0 Å². The van der Waals surface area contributed by atoms with E-state index >= 15 is 0 Å². The van der Waals surface area contributed by atoms with E-state index in [1.165, 1.54) is 12.1 Å². The molecule has 2 aromatic carbocycles. The maximum atomic E-state index is 13.2. The molecule has 0 spiro atoms.